The summed E-state index contributed by atoms with van der Waals surface area (Å²) in [7, 11) is -3.23. The fourth-order valence-corrected chi connectivity index (χ4v) is 2.61. The first-order valence-corrected chi connectivity index (χ1v) is 7.86. The average molecular weight is 270 g/mol. The van der Waals surface area contributed by atoms with Crippen molar-refractivity contribution >= 4 is 9.84 Å². The molecule has 0 amide bonds. The molecule has 0 aliphatic carbocycles. The summed E-state index contributed by atoms with van der Waals surface area (Å²) in [6.45, 7) is 3.76. The Labute approximate surface area is 107 Å². The van der Waals surface area contributed by atoms with Crippen LogP contribution in [0.25, 0.3) is 0 Å². The van der Waals surface area contributed by atoms with Crippen LogP contribution in [0.5, 0.6) is 5.75 Å². The van der Waals surface area contributed by atoms with Gasteiger partial charge in [0.25, 0.3) is 0 Å². The SMILES string of the molecule is C[C@@H]1C[C@H](COc2ccc(S(C)(=O)=O)nc2)CN1. The number of sulfone groups is 1. The number of hydrogen-bond donors (Lipinski definition) is 1. The van der Waals surface area contributed by atoms with Crippen LogP contribution in [-0.2, 0) is 9.84 Å². The number of pyridine rings is 1. The molecule has 2 atom stereocenters. The van der Waals surface area contributed by atoms with E-state index in [1.54, 1.807) is 6.07 Å². The third-order valence-corrected chi connectivity index (χ3v) is 4.02. The molecule has 1 N–H and O–H groups in total. The molecule has 1 aliphatic heterocycles. The maximum Gasteiger partial charge on any atom is 0.192 e. The first-order valence-electron chi connectivity index (χ1n) is 5.97. The summed E-state index contributed by atoms with van der Waals surface area (Å²) < 4.78 is 28.1. The minimum atomic E-state index is -3.23. The first-order chi connectivity index (χ1) is 8.45. The van der Waals surface area contributed by atoms with Crippen LogP contribution in [0.4, 0.5) is 0 Å². The van der Waals surface area contributed by atoms with Gasteiger partial charge in [-0.05, 0) is 25.5 Å². The van der Waals surface area contributed by atoms with Gasteiger partial charge in [-0.1, -0.05) is 0 Å². The van der Waals surface area contributed by atoms with Crippen molar-refractivity contribution in [2.75, 3.05) is 19.4 Å². The molecule has 18 heavy (non-hydrogen) atoms. The van der Waals surface area contributed by atoms with Crippen LogP contribution >= 0.6 is 0 Å². The summed E-state index contributed by atoms with van der Waals surface area (Å²) in [5.41, 5.74) is 0. The lowest BCUT2D eigenvalue weighted by Crippen LogP contribution is -2.18. The van der Waals surface area contributed by atoms with Crippen molar-refractivity contribution in [2.24, 2.45) is 5.92 Å². The van der Waals surface area contributed by atoms with Crippen LogP contribution in [0.2, 0.25) is 0 Å². The van der Waals surface area contributed by atoms with E-state index in [0.29, 0.717) is 24.3 Å². The molecule has 0 spiro atoms. The maximum atomic E-state index is 11.2. The first kappa shape index (κ1) is 13.3. The molecule has 1 saturated heterocycles. The highest BCUT2D eigenvalue weighted by Crippen LogP contribution is 2.17. The van der Waals surface area contributed by atoms with Crippen molar-refractivity contribution < 1.29 is 13.2 Å². The van der Waals surface area contributed by atoms with Gasteiger partial charge in [-0.2, -0.15) is 0 Å². The molecule has 0 unspecified atom stereocenters. The molecule has 1 aromatic rings. The van der Waals surface area contributed by atoms with Gasteiger partial charge in [0.1, 0.15) is 5.75 Å². The zero-order valence-corrected chi connectivity index (χ0v) is 11.4. The minimum Gasteiger partial charge on any atom is -0.492 e. The Kier molecular flexibility index (Phi) is 3.87. The van der Waals surface area contributed by atoms with Gasteiger partial charge in [0.15, 0.2) is 14.9 Å². The lowest BCUT2D eigenvalue weighted by Gasteiger charge is -2.10. The third-order valence-electron chi connectivity index (χ3n) is 3.02. The van der Waals surface area contributed by atoms with E-state index in [4.69, 9.17) is 4.74 Å². The van der Waals surface area contributed by atoms with E-state index in [0.717, 1.165) is 19.2 Å². The molecule has 0 bridgehead atoms. The highest BCUT2D eigenvalue weighted by atomic mass is 32.2. The van der Waals surface area contributed by atoms with Crippen molar-refractivity contribution in [3.8, 4) is 5.75 Å². The second-order valence-corrected chi connectivity index (χ2v) is 6.79. The Morgan fingerprint density at radius 2 is 2.28 bits per heavy atom. The Morgan fingerprint density at radius 3 is 2.78 bits per heavy atom. The standard InChI is InChI=1S/C12H18N2O3S/c1-9-5-10(6-13-9)8-17-11-3-4-12(14-7-11)18(2,15)16/h3-4,7,9-10,13H,5-6,8H2,1-2H3/t9-,10+/m1/s1. The van der Waals surface area contributed by atoms with E-state index < -0.39 is 9.84 Å². The van der Waals surface area contributed by atoms with Crippen LogP contribution in [-0.4, -0.2) is 38.9 Å². The molecular weight excluding hydrogens is 252 g/mol. The van der Waals surface area contributed by atoms with Crippen LogP contribution < -0.4 is 10.1 Å². The van der Waals surface area contributed by atoms with E-state index in [9.17, 15) is 8.42 Å². The normalized spacial score (nSPS) is 24.1. The topological polar surface area (TPSA) is 68.3 Å². The molecule has 0 radical (unpaired) electrons. The van der Waals surface area contributed by atoms with Crippen molar-refractivity contribution in [3.05, 3.63) is 18.3 Å². The van der Waals surface area contributed by atoms with E-state index in [-0.39, 0.29) is 5.03 Å². The number of nitrogens with zero attached hydrogens (tertiary/aromatic N) is 1. The van der Waals surface area contributed by atoms with Gasteiger partial charge in [0.2, 0.25) is 0 Å². The smallest absolute Gasteiger partial charge is 0.192 e. The average Bonchev–Trinajstić information content (AvgIpc) is 2.72. The number of ether oxygens (including phenoxy) is 1. The highest BCUT2D eigenvalue weighted by molar-refractivity contribution is 7.90. The van der Waals surface area contributed by atoms with Crippen LogP contribution in [0.15, 0.2) is 23.4 Å². The highest BCUT2D eigenvalue weighted by Gasteiger charge is 2.21. The van der Waals surface area contributed by atoms with E-state index >= 15 is 0 Å². The Morgan fingerprint density at radius 1 is 1.50 bits per heavy atom. The van der Waals surface area contributed by atoms with Crippen molar-refractivity contribution in [2.45, 2.75) is 24.4 Å². The second kappa shape index (κ2) is 5.24. The largest absolute Gasteiger partial charge is 0.492 e. The molecule has 2 rings (SSSR count). The lowest BCUT2D eigenvalue weighted by atomic mass is 10.1. The quantitative estimate of drug-likeness (QED) is 0.879. The van der Waals surface area contributed by atoms with Crippen LogP contribution in [0, 0.1) is 5.92 Å². The van der Waals surface area contributed by atoms with Gasteiger partial charge in [0, 0.05) is 24.8 Å². The Balaban J connectivity index is 1.91. The van der Waals surface area contributed by atoms with Gasteiger partial charge in [-0.25, -0.2) is 13.4 Å². The molecule has 6 heteroatoms. The monoisotopic (exact) mass is 270 g/mol. The number of aromatic nitrogens is 1. The Hall–Kier alpha value is -1.14. The van der Waals surface area contributed by atoms with Gasteiger partial charge in [-0.15, -0.1) is 0 Å². The predicted molar refractivity (Wildman–Crippen MR) is 68.4 cm³/mol. The lowest BCUT2D eigenvalue weighted by molar-refractivity contribution is 0.257. The van der Waals surface area contributed by atoms with Gasteiger partial charge >= 0.3 is 0 Å². The van der Waals surface area contributed by atoms with Crippen molar-refractivity contribution in [1.29, 1.82) is 0 Å². The summed E-state index contributed by atoms with van der Waals surface area (Å²) >= 11 is 0. The van der Waals surface area contributed by atoms with E-state index in [1.807, 2.05) is 0 Å². The minimum absolute atomic E-state index is 0.0750. The maximum absolute atomic E-state index is 11.2. The zero-order valence-electron chi connectivity index (χ0n) is 10.6. The van der Waals surface area contributed by atoms with Crippen LogP contribution in [0.1, 0.15) is 13.3 Å². The molecule has 1 aromatic heterocycles. The second-order valence-electron chi connectivity index (χ2n) is 4.83. The molecule has 2 heterocycles. The van der Waals surface area contributed by atoms with E-state index in [2.05, 4.69) is 17.2 Å². The fraction of sp³-hybridized carbons (Fsp3) is 0.583. The molecule has 0 saturated carbocycles. The molecule has 0 aromatic carbocycles. The summed E-state index contributed by atoms with van der Waals surface area (Å²) in [4.78, 5) is 3.88. The molecule has 1 aliphatic rings. The number of rotatable bonds is 4. The van der Waals surface area contributed by atoms with E-state index in [1.165, 1.54) is 12.3 Å². The predicted octanol–water partition coefficient (Wildman–Crippen LogP) is 0.862. The van der Waals surface area contributed by atoms with Crippen molar-refractivity contribution in [1.82, 2.24) is 10.3 Å². The molecule has 5 nitrogen and oxygen atoms in total. The van der Waals surface area contributed by atoms with Crippen molar-refractivity contribution in [3.63, 3.8) is 0 Å². The summed E-state index contributed by atoms with van der Waals surface area (Å²) in [5.74, 6) is 1.12. The molecule has 1 fully saturated rings. The Bertz CT molecular complexity index is 499. The van der Waals surface area contributed by atoms with Gasteiger partial charge in [0.05, 0.1) is 12.8 Å². The zero-order chi connectivity index (χ0) is 13.2. The van der Waals surface area contributed by atoms with Crippen LogP contribution in [0.3, 0.4) is 0 Å². The van der Waals surface area contributed by atoms with Gasteiger partial charge < -0.3 is 10.1 Å². The third kappa shape index (κ3) is 3.43. The number of nitrogens with one attached hydrogen (secondary N) is 1. The number of hydrogen-bond acceptors (Lipinski definition) is 5. The molecule has 100 valence electrons. The molecular formula is C12H18N2O3S. The summed E-state index contributed by atoms with van der Waals surface area (Å²) in [6.07, 6.45) is 3.71. The fourth-order valence-electron chi connectivity index (χ4n) is 2.05. The summed E-state index contributed by atoms with van der Waals surface area (Å²) in [6, 6.07) is 3.67. The summed E-state index contributed by atoms with van der Waals surface area (Å²) in [5, 5.41) is 3.43. The van der Waals surface area contributed by atoms with Gasteiger partial charge in [-0.3, -0.25) is 0 Å².